The van der Waals surface area contributed by atoms with Gasteiger partial charge in [-0.2, -0.15) is 0 Å². The van der Waals surface area contributed by atoms with Gasteiger partial charge in [-0.15, -0.1) is 0 Å². The fourth-order valence-corrected chi connectivity index (χ4v) is 4.68. The van der Waals surface area contributed by atoms with Gasteiger partial charge in [0.05, 0.1) is 21.5 Å². The van der Waals surface area contributed by atoms with Crippen LogP contribution in [0.5, 0.6) is 0 Å². The number of carboxylic acids is 1. The fraction of sp³-hybridized carbons (Fsp3) is 0.174. The second kappa shape index (κ2) is 12.0. The monoisotopic (exact) mass is 483 g/mol. The quantitative estimate of drug-likeness (QED) is 0.308. The molecule has 1 atom stereocenters. The normalized spacial score (nSPS) is 12.1. The summed E-state index contributed by atoms with van der Waals surface area (Å²) in [6, 6.07) is 18.9. The Bertz CT molecular complexity index is 1190. The number of hydrogen-bond donors (Lipinski definition) is 3. The van der Waals surface area contributed by atoms with E-state index in [4.69, 9.17) is 16.7 Å². The topological polar surface area (TPSA) is 104 Å². The maximum atomic E-state index is 12.9. The van der Waals surface area contributed by atoms with Gasteiger partial charge in [0.2, 0.25) is 9.84 Å². The van der Waals surface area contributed by atoms with Gasteiger partial charge in [0.25, 0.3) is 0 Å². The molecule has 32 heavy (non-hydrogen) atoms. The SMILES string of the molecule is O=C(O)c1cccc(S(=O)(=O)c2cccc(CCNC[C@@H](O)c3cccc(Cl)c3)c2)c1.[H-].[Na+]. The number of sulfone groups is 1. The number of aliphatic hydroxyl groups excluding tert-OH is 1. The molecule has 0 heterocycles. The molecule has 6 nitrogen and oxygen atoms in total. The molecule has 0 amide bonds. The Labute approximate surface area is 215 Å². The van der Waals surface area contributed by atoms with Gasteiger partial charge in [0, 0.05) is 11.6 Å². The zero-order chi connectivity index (χ0) is 22.4. The van der Waals surface area contributed by atoms with Crippen LogP contribution in [0.3, 0.4) is 0 Å². The molecule has 0 bridgehead atoms. The number of carboxylic acid groups (broad SMARTS) is 1. The third-order valence-electron chi connectivity index (χ3n) is 4.76. The number of hydrogen-bond acceptors (Lipinski definition) is 5. The standard InChI is InChI=1S/C23H22ClNO5S.Na.H/c24-19-7-2-5-17(13-19)22(26)15-25-11-10-16-4-1-8-20(12-16)31(29,30)21-9-3-6-18(14-21)23(27)28;;/h1-9,12-14,22,25-26H,10-11,15H2,(H,27,28);;/q;+1;-1/t22-;;/m1../s1. The van der Waals surface area contributed by atoms with E-state index in [2.05, 4.69) is 5.32 Å². The summed E-state index contributed by atoms with van der Waals surface area (Å²) >= 11 is 5.94. The van der Waals surface area contributed by atoms with Gasteiger partial charge >= 0.3 is 35.5 Å². The minimum Gasteiger partial charge on any atom is -1.00 e. The van der Waals surface area contributed by atoms with Crippen molar-refractivity contribution in [2.45, 2.75) is 22.3 Å². The molecule has 9 heteroatoms. The first-order valence-electron chi connectivity index (χ1n) is 9.59. The van der Waals surface area contributed by atoms with Gasteiger partial charge in [-0.25, -0.2) is 13.2 Å². The van der Waals surface area contributed by atoms with Crippen molar-refractivity contribution in [1.29, 1.82) is 0 Å². The van der Waals surface area contributed by atoms with E-state index < -0.39 is 21.9 Å². The summed E-state index contributed by atoms with van der Waals surface area (Å²) in [5.41, 5.74) is 1.44. The molecular weight excluding hydrogens is 461 g/mol. The van der Waals surface area contributed by atoms with Crippen LogP contribution in [0.15, 0.2) is 82.6 Å². The number of aliphatic hydroxyl groups is 1. The average Bonchev–Trinajstić information content (AvgIpc) is 2.77. The molecule has 0 saturated heterocycles. The molecule has 0 spiro atoms. The summed E-state index contributed by atoms with van der Waals surface area (Å²) in [6.45, 7) is 0.871. The van der Waals surface area contributed by atoms with Crippen LogP contribution in [0, 0.1) is 0 Å². The van der Waals surface area contributed by atoms with Crippen molar-refractivity contribution in [3.05, 3.63) is 94.5 Å². The van der Waals surface area contributed by atoms with E-state index >= 15 is 0 Å². The number of rotatable bonds is 9. The van der Waals surface area contributed by atoms with E-state index in [9.17, 15) is 18.3 Å². The zero-order valence-electron chi connectivity index (χ0n) is 18.5. The number of benzene rings is 3. The van der Waals surface area contributed by atoms with E-state index in [0.29, 0.717) is 24.5 Å². The molecule has 0 radical (unpaired) electrons. The molecule has 0 saturated carbocycles. The first kappa shape index (κ1) is 26.5. The Morgan fingerprint density at radius 3 is 2.34 bits per heavy atom. The maximum absolute atomic E-state index is 12.9. The summed E-state index contributed by atoms with van der Waals surface area (Å²) in [7, 11) is -3.84. The van der Waals surface area contributed by atoms with Crippen molar-refractivity contribution in [3.63, 3.8) is 0 Å². The van der Waals surface area contributed by atoms with Gasteiger partial charge in [-0.1, -0.05) is 41.9 Å². The van der Waals surface area contributed by atoms with Gasteiger partial charge in [0.15, 0.2) is 0 Å². The third kappa shape index (κ3) is 6.89. The van der Waals surface area contributed by atoms with Crippen LogP contribution in [0.2, 0.25) is 5.02 Å². The fourth-order valence-electron chi connectivity index (χ4n) is 3.10. The molecule has 0 aromatic heterocycles. The largest absolute Gasteiger partial charge is 1.00 e. The van der Waals surface area contributed by atoms with Gasteiger partial charge in [-0.05, 0) is 66.6 Å². The van der Waals surface area contributed by atoms with Crippen LogP contribution in [0.25, 0.3) is 0 Å². The Morgan fingerprint density at radius 2 is 1.66 bits per heavy atom. The van der Waals surface area contributed by atoms with Crippen LogP contribution in [-0.4, -0.2) is 37.7 Å². The van der Waals surface area contributed by atoms with Crippen molar-refractivity contribution in [2.75, 3.05) is 13.1 Å². The summed E-state index contributed by atoms with van der Waals surface area (Å²) in [6.07, 6.45) is -0.146. The molecule has 3 aromatic rings. The van der Waals surface area contributed by atoms with Crippen LogP contribution in [-0.2, 0) is 16.3 Å². The number of aromatic carboxylic acids is 1. The molecule has 3 aromatic carbocycles. The van der Waals surface area contributed by atoms with Crippen molar-refractivity contribution in [2.24, 2.45) is 0 Å². The van der Waals surface area contributed by atoms with E-state index in [1.54, 1.807) is 36.4 Å². The molecule has 0 aliphatic carbocycles. The summed E-state index contributed by atoms with van der Waals surface area (Å²) in [5.74, 6) is -1.18. The van der Waals surface area contributed by atoms with Gasteiger partial charge in [0.1, 0.15) is 0 Å². The predicted molar refractivity (Wildman–Crippen MR) is 119 cm³/mol. The molecule has 0 unspecified atom stereocenters. The van der Waals surface area contributed by atoms with Crippen LogP contribution in [0.1, 0.15) is 29.0 Å². The molecule has 0 fully saturated rings. The second-order valence-corrected chi connectivity index (χ2v) is 9.39. The number of carbonyl (C=O) groups is 1. The van der Waals surface area contributed by atoms with E-state index in [1.165, 1.54) is 24.3 Å². The second-order valence-electron chi connectivity index (χ2n) is 7.01. The Kier molecular flexibility index (Phi) is 9.91. The molecule has 3 N–H and O–H groups in total. The van der Waals surface area contributed by atoms with E-state index in [0.717, 1.165) is 17.2 Å². The molecule has 164 valence electrons. The van der Waals surface area contributed by atoms with Gasteiger partial charge in [-0.3, -0.25) is 0 Å². The van der Waals surface area contributed by atoms with Gasteiger partial charge < -0.3 is 17.0 Å². The van der Waals surface area contributed by atoms with Crippen LogP contribution in [0.4, 0.5) is 0 Å². The summed E-state index contributed by atoms with van der Waals surface area (Å²) < 4.78 is 25.8. The average molecular weight is 484 g/mol. The minimum atomic E-state index is -3.84. The summed E-state index contributed by atoms with van der Waals surface area (Å²) in [4.78, 5) is 11.2. The Morgan fingerprint density at radius 1 is 1.00 bits per heavy atom. The van der Waals surface area contributed by atoms with Crippen molar-refractivity contribution in [3.8, 4) is 0 Å². The predicted octanol–water partition coefficient (Wildman–Crippen LogP) is 0.853. The first-order valence-corrected chi connectivity index (χ1v) is 11.4. The number of nitrogens with one attached hydrogen (secondary N) is 1. The van der Waals surface area contributed by atoms with Crippen LogP contribution >= 0.6 is 11.6 Å². The smallest absolute Gasteiger partial charge is 1.00 e. The van der Waals surface area contributed by atoms with Crippen molar-refractivity contribution >= 4 is 27.4 Å². The maximum Gasteiger partial charge on any atom is 1.00 e. The molecule has 0 aliphatic rings. The molecule has 3 rings (SSSR count). The minimum absolute atomic E-state index is 0. The van der Waals surface area contributed by atoms with E-state index in [-0.39, 0.29) is 46.3 Å². The number of halogens is 1. The Balaban J connectivity index is 0.00000272. The molecule has 0 aliphatic heterocycles. The van der Waals surface area contributed by atoms with Crippen molar-refractivity contribution in [1.82, 2.24) is 5.32 Å². The third-order valence-corrected chi connectivity index (χ3v) is 6.75. The Hall–Kier alpha value is -1.71. The first-order chi connectivity index (χ1) is 14.8. The zero-order valence-corrected chi connectivity index (χ0v) is 21.1. The van der Waals surface area contributed by atoms with Crippen molar-refractivity contribution < 1.29 is 54.4 Å². The molecular formula is C23H23ClNNaO5S. The van der Waals surface area contributed by atoms with E-state index in [1.807, 2.05) is 6.07 Å². The van der Waals surface area contributed by atoms with Crippen LogP contribution < -0.4 is 34.9 Å². The summed E-state index contributed by atoms with van der Waals surface area (Å²) in [5, 5.41) is 23.1.